The summed E-state index contributed by atoms with van der Waals surface area (Å²) in [5.41, 5.74) is 9.50. The maximum Gasteiger partial charge on any atom is 0.323 e. The van der Waals surface area contributed by atoms with Crippen LogP contribution in [0.15, 0.2) is 28.7 Å². The van der Waals surface area contributed by atoms with Crippen molar-refractivity contribution in [1.29, 1.82) is 0 Å². The molecule has 1 aliphatic rings. The van der Waals surface area contributed by atoms with E-state index in [2.05, 4.69) is 32.9 Å². The minimum Gasteiger partial charge on any atom is -0.361 e. The quantitative estimate of drug-likeness (QED) is 0.474. The molecule has 0 aromatic heterocycles. The van der Waals surface area contributed by atoms with Crippen LogP contribution in [0.5, 0.6) is 0 Å². The second kappa shape index (κ2) is 4.73. The molecule has 0 N–H and O–H groups in total. The highest BCUT2D eigenvalue weighted by molar-refractivity contribution is 9.10. The molecule has 0 unspecified atom stereocenters. The Morgan fingerprint density at radius 3 is 2.81 bits per heavy atom. The van der Waals surface area contributed by atoms with E-state index >= 15 is 0 Å². The molecule has 2 rings (SSSR count). The van der Waals surface area contributed by atoms with Crippen molar-refractivity contribution in [3.8, 4) is 0 Å². The largest absolute Gasteiger partial charge is 0.361 e. The van der Waals surface area contributed by atoms with Gasteiger partial charge in [-0.1, -0.05) is 28.1 Å². The minimum atomic E-state index is -0.0652. The molecule has 82 valence electrons. The van der Waals surface area contributed by atoms with E-state index in [1.807, 2.05) is 12.1 Å². The Kier molecular flexibility index (Phi) is 3.32. The number of benzene rings is 1. The third-order valence-corrected chi connectivity index (χ3v) is 3.41. The lowest BCUT2D eigenvalue weighted by molar-refractivity contribution is -0.117. The fraction of sp³-hybridized carbons (Fsp3) is 0.333. The van der Waals surface area contributed by atoms with Crippen molar-refractivity contribution in [3.63, 3.8) is 0 Å². The molecule has 1 fully saturated rings. The molecule has 0 spiro atoms. The fourth-order valence-corrected chi connectivity index (χ4v) is 2.16. The molecule has 1 saturated carbocycles. The van der Waals surface area contributed by atoms with Crippen LogP contribution >= 0.6 is 15.9 Å². The van der Waals surface area contributed by atoms with E-state index in [0.29, 0.717) is 5.92 Å². The first-order chi connectivity index (χ1) is 7.70. The van der Waals surface area contributed by atoms with Gasteiger partial charge in [0.25, 0.3) is 0 Å². The van der Waals surface area contributed by atoms with E-state index in [9.17, 15) is 4.79 Å². The van der Waals surface area contributed by atoms with Gasteiger partial charge in [0.15, 0.2) is 0 Å². The topological polar surface area (TPSA) is 53.5 Å². The van der Waals surface area contributed by atoms with Gasteiger partial charge in [-0.2, -0.15) is 4.79 Å². The van der Waals surface area contributed by atoms with Crippen molar-refractivity contribution in [2.75, 3.05) is 0 Å². The average molecular weight is 279 g/mol. The van der Waals surface area contributed by atoms with Gasteiger partial charge in [-0.15, -0.1) is 0 Å². The summed E-state index contributed by atoms with van der Waals surface area (Å²) >= 11 is 3.38. The lowest BCUT2D eigenvalue weighted by atomic mass is 10.1. The van der Waals surface area contributed by atoms with E-state index in [1.165, 1.54) is 5.56 Å². The van der Waals surface area contributed by atoms with E-state index < -0.39 is 0 Å². The van der Waals surface area contributed by atoms with Crippen LogP contribution < -0.4 is 0 Å². The fourth-order valence-electron chi connectivity index (χ4n) is 1.90. The molecule has 0 radical (unpaired) electrons. The first kappa shape index (κ1) is 11.2. The smallest absolute Gasteiger partial charge is 0.323 e. The Balaban J connectivity index is 1.92. The molecule has 16 heavy (non-hydrogen) atoms. The minimum absolute atomic E-state index is 0.0551. The first-order valence-electron chi connectivity index (χ1n) is 5.16. The number of carbonyl (C=O) groups is 1. The third kappa shape index (κ3) is 2.65. The van der Waals surface area contributed by atoms with Gasteiger partial charge in [0.2, 0.25) is 5.78 Å². The molecule has 1 aromatic rings. The number of carbonyl (C=O) groups excluding carboxylic acids is 1. The second-order valence-corrected chi connectivity index (χ2v) is 5.00. The molecule has 3 nitrogen and oxygen atoms in total. The maximum atomic E-state index is 11.3. The lowest BCUT2D eigenvalue weighted by Crippen LogP contribution is -2.05. The summed E-state index contributed by atoms with van der Waals surface area (Å²) in [5, 5.41) is 0. The lowest BCUT2D eigenvalue weighted by Gasteiger charge is -1.99. The van der Waals surface area contributed by atoms with E-state index in [-0.39, 0.29) is 11.7 Å². The average Bonchev–Trinajstić information content (AvgIpc) is 3.01. The number of rotatable bonds is 4. The van der Waals surface area contributed by atoms with Gasteiger partial charge < -0.3 is 5.53 Å². The summed E-state index contributed by atoms with van der Waals surface area (Å²) in [6.45, 7) is 0. The summed E-state index contributed by atoms with van der Waals surface area (Å²) in [4.78, 5) is 14.1. The van der Waals surface area contributed by atoms with E-state index in [4.69, 9.17) is 5.53 Å². The van der Waals surface area contributed by atoms with Crippen LogP contribution in [0.2, 0.25) is 0 Å². The molecule has 4 heteroatoms. The second-order valence-electron chi connectivity index (χ2n) is 4.08. The number of hydrogen-bond acceptors (Lipinski definition) is 1. The van der Waals surface area contributed by atoms with Crippen molar-refractivity contribution in [2.24, 2.45) is 11.8 Å². The standard InChI is InChI=1S/C12H11BrN2O/c13-10-3-1-8(2-4-10)5-9-6-11(9)12(16)7-15-14/h1-4,7,9,11H,5-6H2/t9-,11+/m0/s1. The molecule has 0 heterocycles. The van der Waals surface area contributed by atoms with Crippen LogP contribution in [0.25, 0.3) is 5.53 Å². The zero-order chi connectivity index (χ0) is 11.5. The van der Waals surface area contributed by atoms with Crippen molar-refractivity contribution in [3.05, 3.63) is 39.8 Å². The Bertz CT molecular complexity index is 449. The Morgan fingerprint density at radius 1 is 1.50 bits per heavy atom. The summed E-state index contributed by atoms with van der Waals surface area (Å²) < 4.78 is 1.06. The SMILES string of the molecule is [N-]=[N+]=CC(=O)[C@@H]1C[C@@H]1Cc1ccc(Br)cc1. The van der Waals surface area contributed by atoms with Crippen LogP contribution in [0.1, 0.15) is 12.0 Å². The molecule has 0 saturated heterocycles. The summed E-state index contributed by atoms with van der Waals surface area (Å²) in [5.74, 6) is 0.399. The molecular formula is C12H11BrN2O. The number of nitrogens with zero attached hydrogens (tertiary/aromatic N) is 2. The highest BCUT2D eigenvalue weighted by atomic mass is 79.9. The molecule has 0 aliphatic heterocycles. The molecule has 1 aromatic carbocycles. The number of ketones is 1. The number of Topliss-reactive ketones (excluding diaryl/α,β-unsaturated/α-hetero) is 1. The first-order valence-corrected chi connectivity index (χ1v) is 5.95. The highest BCUT2D eigenvalue weighted by Gasteiger charge is 2.43. The van der Waals surface area contributed by atoms with E-state index in [0.717, 1.165) is 23.5 Å². The zero-order valence-corrected chi connectivity index (χ0v) is 10.2. The van der Waals surface area contributed by atoms with Gasteiger partial charge in [0.05, 0.1) is 0 Å². The van der Waals surface area contributed by atoms with Crippen LogP contribution in [-0.2, 0) is 11.2 Å². The predicted octanol–water partition coefficient (Wildman–Crippen LogP) is 2.50. The van der Waals surface area contributed by atoms with E-state index in [1.54, 1.807) is 0 Å². The summed E-state index contributed by atoms with van der Waals surface area (Å²) in [7, 11) is 0. The Morgan fingerprint density at radius 2 is 2.19 bits per heavy atom. The van der Waals surface area contributed by atoms with Gasteiger partial charge >= 0.3 is 6.21 Å². The monoisotopic (exact) mass is 278 g/mol. The molecule has 0 amide bonds. The van der Waals surface area contributed by atoms with Crippen LogP contribution in [0, 0.1) is 11.8 Å². The highest BCUT2D eigenvalue weighted by Crippen LogP contribution is 2.41. The van der Waals surface area contributed by atoms with Crippen molar-refractivity contribution < 1.29 is 9.58 Å². The normalized spacial score (nSPS) is 22.3. The molecule has 2 atom stereocenters. The molecular weight excluding hydrogens is 268 g/mol. The summed E-state index contributed by atoms with van der Waals surface area (Å²) in [6, 6.07) is 8.13. The van der Waals surface area contributed by atoms with Gasteiger partial charge in [-0.25, -0.2) is 0 Å². The van der Waals surface area contributed by atoms with Crippen molar-refractivity contribution >= 4 is 27.9 Å². The Hall–Kier alpha value is -1.25. The van der Waals surface area contributed by atoms with Gasteiger partial charge in [-0.3, -0.25) is 4.79 Å². The summed E-state index contributed by atoms with van der Waals surface area (Å²) in [6.07, 6.45) is 2.83. The number of halogens is 1. The van der Waals surface area contributed by atoms with Gasteiger partial charge in [0.1, 0.15) is 0 Å². The third-order valence-electron chi connectivity index (χ3n) is 2.88. The Labute approximate surface area is 102 Å². The van der Waals surface area contributed by atoms with Crippen LogP contribution in [-0.4, -0.2) is 16.8 Å². The van der Waals surface area contributed by atoms with Gasteiger partial charge in [-0.05, 0) is 36.5 Å². The maximum absolute atomic E-state index is 11.3. The predicted molar refractivity (Wildman–Crippen MR) is 64.1 cm³/mol. The molecule has 1 aliphatic carbocycles. The van der Waals surface area contributed by atoms with Gasteiger partial charge in [0, 0.05) is 10.4 Å². The van der Waals surface area contributed by atoms with Crippen molar-refractivity contribution in [2.45, 2.75) is 12.8 Å². The van der Waals surface area contributed by atoms with Crippen molar-refractivity contribution in [1.82, 2.24) is 0 Å². The van der Waals surface area contributed by atoms with Crippen LogP contribution in [0.4, 0.5) is 0 Å². The van der Waals surface area contributed by atoms with Crippen LogP contribution in [0.3, 0.4) is 0 Å². The molecule has 0 bridgehead atoms. The zero-order valence-electron chi connectivity index (χ0n) is 8.64. The number of hydrogen-bond donors (Lipinski definition) is 0.